The summed E-state index contributed by atoms with van der Waals surface area (Å²) in [6.07, 6.45) is 8.41. The van der Waals surface area contributed by atoms with Crippen molar-refractivity contribution in [2.24, 2.45) is 5.92 Å². The van der Waals surface area contributed by atoms with Gasteiger partial charge in [-0.1, -0.05) is 32.4 Å². The first-order valence-electron chi connectivity index (χ1n) is 3.97. The summed E-state index contributed by atoms with van der Waals surface area (Å²) in [5, 5.41) is 0. The maximum atomic E-state index is 2.31. The Morgan fingerprint density at radius 1 is 1.33 bits per heavy atom. The molecule has 0 heteroatoms. The molecule has 0 rings (SSSR count). The van der Waals surface area contributed by atoms with Crippen molar-refractivity contribution in [3.63, 3.8) is 0 Å². The van der Waals surface area contributed by atoms with E-state index in [-0.39, 0.29) is 0 Å². The van der Waals surface area contributed by atoms with Crippen LogP contribution in [0, 0.1) is 5.92 Å². The summed E-state index contributed by atoms with van der Waals surface area (Å²) < 4.78 is 0. The molecule has 9 heavy (non-hydrogen) atoms. The van der Waals surface area contributed by atoms with Crippen LogP contribution in [0.1, 0.15) is 40.0 Å². The topological polar surface area (TPSA) is 0 Å². The van der Waals surface area contributed by atoms with E-state index in [0.29, 0.717) is 0 Å². The van der Waals surface area contributed by atoms with Crippen molar-refractivity contribution in [2.75, 3.05) is 0 Å². The molecule has 0 fully saturated rings. The Hall–Kier alpha value is -0.260. The van der Waals surface area contributed by atoms with Gasteiger partial charge in [-0.25, -0.2) is 0 Å². The van der Waals surface area contributed by atoms with E-state index in [1.807, 2.05) is 0 Å². The first-order chi connectivity index (χ1) is 4.35. The van der Waals surface area contributed by atoms with Crippen LogP contribution in [0.25, 0.3) is 0 Å². The van der Waals surface area contributed by atoms with Gasteiger partial charge >= 0.3 is 0 Å². The molecule has 0 aromatic carbocycles. The highest BCUT2D eigenvalue weighted by Gasteiger charge is 1.96. The Labute approximate surface area is 59.0 Å². The van der Waals surface area contributed by atoms with Gasteiger partial charge in [-0.05, 0) is 25.7 Å². The van der Waals surface area contributed by atoms with E-state index < -0.39 is 0 Å². The third-order valence-corrected chi connectivity index (χ3v) is 1.65. The first-order valence-corrected chi connectivity index (χ1v) is 3.97. The van der Waals surface area contributed by atoms with Gasteiger partial charge in [0.05, 0.1) is 0 Å². The van der Waals surface area contributed by atoms with Crippen molar-refractivity contribution in [2.45, 2.75) is 40.0 Å². The van der Waals surface area contributed by atoms with Gasteiger partial charge in [0.2, 0.25) is 0 Å². The molecule has 1 atom stereocenters. The minimum absolute atomic E-state index is 0.833. The molecule has 54 valence electrons. The molecule has 0 amide bonds. The van der Waals surface area contributed by atoms with Crippen molar-refractivity contribution in [3.8, 4) is 0 Å². The molecular formula is C9H18. The van der Waals surface area contributed by atoms with Crippen LogP contribution in [-0.4, -0.2) is 0 Å². The van der Waals surface area contributed by atoms with Crippen LogP contribution in [0.2, 0.25) is 0 Å². The van der Waals surface area contributed by atoms with Gasteiger partial charge in [0, 0.05) is 0 Å². The lowest BCUT2D eigenvalue weighted by atomic mass is 10.0. The number of allylic oxidation sites excluding steroid dienone is 2. The van der Waals surface area contributed by atoms with E-state index in [2.05, 4.69) is 32.9 Å². The fourth-order valence-corrected chi connectivity index (χ4v) is 1.08. The molecule has 0 nitrogen and oxygen atoms in total. The second-order valence-electron chi connectivity index (χ2n) is 2.48. The van der Waals surface area contributed by atoms with Gasteiger partial charge in [0.25, 0.3) is 0 Å². The van der Waals surface area contributed by atoms with Gasteiger partial charge in [-0.3, -0.25) is 0 Å². The summed E-state index contributed by atoms with van der Waals surface area (Å²) in [5.41, 5.74) is 0. The Morgan fingerprint density at radius 2 is 2.00 bits per heavy atom. The van der Waals surface area contributed by atoms with Crippen molar-refractivity contribution in [1.82, 2.24) is 0 Å². The summed E-state index contributed by atoms with van der Waals surface area (Å²) in [6, 6.07) is 0. The van der Waals surface area contributed by atoms with E-state index in [1.165, 1.54) is 19.3 Å². The molecule has 1 unspecified atom stereocenters. The first kappa shape index (κ1) is 8.74. The average Bonchev–Trinajstić information content (AvgIpc) is 1.88. The second-order valence-corrected chi connectivity index (χ2v) is 2.48. The molecule has 0 spiro atoms. The summed E-state index contributed by atoms with van der Waals surface area (Å²) in [6.45, 7) is 6.59. The zero-order chi connectivity index (χ0) is 7.11. The van der Waals surface area contributed by atoms with E-state index >= 15 is 0 Å². The second kappa shape index (κ2) is 5.87. The molecule has 0 radical (unpaired) electrons. The smallest absolute Gasteiger partial charge is 0.0236 e. The molecule has 0 aromatic heterocycles. The summed E-state index contributed by atoms with van der Waals surface area (Å²) >= 11 is 0. The van der Waals surface area contributed by atoms with Gasteiger partial charge in [0.15, 0.2) is 0 Å². The minimum Gasteiger partial charge on any atom is -0.0914 e. The standard InChI is InChI=1S/C9H18/c1-4-7-9(6-3)8-5-2/h4,7,9H,5-6,8H2,1-3H3/b7-4-. The van der Waals surface area contributed by atoms with Crippen LogP contribution in [0.4, 0.5) is 0 Å². The van der Waals surface area contributed by atoms with Crippen LogP contribution in [0.3, 0.4) is 0 Å². The number of rotatable bonds is 4. The molecule has 0 saturated carbocycles. The van der Waals surface area contributed by atoms with Crippen LogP contribution in [0.15, 0.2) is 12.2 Å². The fraction of sp³-hybridized carbons (Fsp3) is 0.778. The Bertz CT molecular complexity index is 72.1. The van der Waals surface area contributed by atoms with Crippen molar-refractivity contribution < 1.29 is 0 Å². The normalized spacial score (nSPS) is 14.6. The van der Waals surface area contributed by atoms with Crippen molar-refractivity contribution >= 4 is 0 Å². The maximum absolute atomic E-state index is 2.31. The Balaban J connectivity index is 3.41. The summed E-state index contributed by atoms with van der Waals surface area (Å²) in [5.74, 6) is 0.833. The van der Waals surface area contributed by atoms with Crippen molar-refractivity contribution in [1.29, 1.82) is 0 Å². The van der Waals surface area contributed by atoms with Gasteiger partial charge < -0.3 is 0 Å². The number of hydrogen-bond acceptors (Lipinski definition) is 0. The van der Waals surface area contributed by atoms with Crippen LogP contribution in [0.5, 0.6) is 0 Å². The molecule has 0 aromatic rings. The van der Waals surface area contributed by atoms with Gasteiger partial charge in [-0.2, -0.15) is 0 Å². The summed E-state index contributed by atoms with van der Waals surface area (Å²) in [7, 11) is 0. The zero-order valence-electron chi connectivity index (χ0n) is 6.85. The van der Waals surface area contributed by atoms with Crippen LogP contribution in [-0.2, 0) is 0 Å². The third-order valence-electron chi connectivity index (χ3n) is 1.65. The highest BCUT2D eigenvalue weighted by Crippen LogP contribution is 2.11. The maximum Gasteiger partial charge on any atom is -0.0236 e. The predicted molar refractivity (Wildman–Crippen MR) is 43.5 cm³/mol. The average molecular weight is 126 g/mol. The Kier molecular flexibility index (Phi) is 5.70. The van der Waals surface area contributed by atoms with Gasteiger partial charge in [0.1, 0.15) is 0 Å². The molecular weight excluding hydrogens is 108 g/mol. The highest BCUT2D eigenvalue weighted by atomic mass is 14.0. The molecule has 0 aliphatic carbocycles. The molecule has 0 saturated heterocycles. The Morgan fingerprint density at radius 3 is 2.33 bits per heavy atom. The highest BCUT2D eigenvalue weighted by molar-refractivity contribution is 4.84. The van der Waals surface area contributed by atoms with Crippen molar-refractivity contribution in [3.05, 3.63) is 12.2 Å². The molecule has 0 aliphatic heterocycles. The van der Waals surface area contributed by atoms with Crippen LogP contribution < -0.4 is 0 Å². The molecule has 0 aliphatic rings. The minimum atomic E-state index is 0.833. The fourth-order valence-electron chi connectivity index (χ4n) is 1.08. The predicted octanol–water partition coefficient (Wildman–Crippen LogP) is 3.39. The van der Waals surface area contributed by atoms with E-state index in [4.69, 9.17) is 0 Å². The lowest BCUT2D eigenvalue weighted by Crippen LogP contribution is -1.91. The van der Waals surface area contributed by atoms with Gasteiger partial charge in [-0.15, -0.1) is 0 Å². The lowest BCUT2D eigenvalue weighted by molar-refractivity contribution is 0.563. The van der Waals surface area contributed by atoms with E-state index in [1.54, 1.807) is 0 Å². The van der Waals surface area contributed by atoms with E-state index in [0.717, 1.165) is 5.92 Å². The SMILES string of the molecule is C/C=C\C(CC)CCC. The quantitative estimate of drug-likeness (QED) is 0.506. The molecule has 0 heterocycles. The van der Waals surface area contributed by atoms with Crippen LogP contribution >= 0.6 is 0 Å². The van der Waals surface area contributed by atoms with E-state index in [9.17, 15) is 0 Å². The lowest BCUT2D eigenvalue weighted by Gasteiger charge is -2.05. The molecule has 0 N–H and O–H groups in total. The molecule has 0 bridgehead atoms. The monoisotopic (exact) mass is 126 g/mol. The largest absolute Gasteiger partial charge is 0.0914 e. The zero-order valence-corrected chi connectivity index (χ0v) is 6.85. The third kappa shape index (κ3) is 4.26. The summed E-state index contributed by atoms with van der Waals surface area (Å²) in [4.78, 5) is 0. The number of hydrogen-bond donors (Lipinski definition) is 0.